The van der Waals surface area contributed by atoms with E-state index in [1.165, 1.54) is 24.3 Å². The zero-order valence-corrected chi connectivity index (χ0v) is 22.1. The molecule has 0 spiro atoms. The minimum Gasteiger partial charge on any atom is -0.459 e. The minimum atomic E-state index is -0.556. The van der Waals surface area contributed by atoms with Gasteiger partial charge in [-0.05, 0) is 80.6 Å². The van der Waals surface area contributed by atoms with E-state index in [9.17, 15) is 14.4 Å². The van der Waals surface area contributed by atoms with Crippen molar-refractivity contribution < 1.29 is 19.1 Å². The molecule has 6 nitrogen and oxygen atoms in total. The maximum Gasteiger partial charge on any atom is 0.338 e. The molecule has 1 heterocycles. The number of imide groups is 1. The number of carbonyl (C=O) groups excluding carboxylic acids is 3. The van der Waals surface area contributed by atoms with Crippen LogP contribution in [0.15, 0.2) is 82.2 Å². The Labute approximate surface area is 227 Å². The number of amides is 2. The van der Waals surface area contributed by atoms with Crippen LogP contribution in [0.25, 0.3) is 0 Å². The van der Waals surface area contributed by atoms with Crippen molar-refractivity contribution in [1.29, 1.82) is 0 Å². The Hall–Kier alpha value is -2.97. The molecule has 0 saturated heterocycles. The number of ether oxygens (including phenoxy) is 1. The molecular formula is C26H19Cl3N2O4S. The third kappa shape index (κ3) is 5.71. The highest BCUT2D eigenvalue weighted by Crippen LogP contribution is 2.38. The number of carbonyl (C=O) groups is 3. The van der Waals surface area contributed by atoms with Crippen molar-refractivity contribution in [3.63, 3.8) is 0 Å². The van der Waals surface area contributed by atoms with Gasteiger partial charge in [-0.1, -0.05) is 46.6 Å². The highest BCUT2D eigenvalue weighted by Gasteiger charge is 2.40. The molecular weight excluding hydrogens is 543 g/mol. The standard InChI is InChI=1S/C26H19Cl3N2O4S/c1-14(2)35-26(34)15-3-8-18(9-4-15)31-24(32)22(30-17-7-12-20(28)21(29)13-17)23(25(31)33)36-19-10-5-16(27)6-11-19/h3-14,30H,1-2H3. The first-order valence-electron chi connectivity index (χ1n) is 10.7. The summed E-state index contributed by atoms with van der Waals surface area (Å²) in [6.45, 7) is 3.50. The van der Waals surface area contributed by atoms with Crippen LogP contribution in [0.4, 0.5) is 11.4 Å². The Morgan fingerprint density at radius 2 is 1.56 bits per heavy atom. The van der Waals surface area contributed by atoms with Crippen LogP contribution >= 0.6 is 46.6 Å². The average molecular weight is 562 g/mol. The normalized spacial score (nSPS) is 13.6. The number of hydrogen-bond acceptors (Lipinski definition) is 6. The van der Waals surface area contributed by atoms with Crippen molar-refractivity contribution in [3.8, 4) is 0 Å². The molecule has 0 unspecified atom stereocenters. The number of nitrogens with one attached hydrogen (secondary N) is 1. The van der Waals surface area contributed by atoms with Crippen LogP contribution in [0.1, 0.15) is 24.2 Å². The van der Waals surface area contributed by atoms with Crippen molar-refractivity contribution >= 4 is 75.7 Å². The largest absolute Gasteiger partial charge is 0.459 e. The average Bonchev–Trinajstić information content (AvgIpc) is 3.06. The molecule has 0 radical (unpaired) electrons. The molecule has 1 N–H and O–H groups in total. The smallest absolute Gasteiger partial charge is 0.338 e. The Morgan fingerprint density at radius 3 is 2.17 bits per heavy atom. The molecule has 0 bridgehead atoms. The number of halogens is 3. The van der Waals surface area contributed by atoms with E-state index in [1.807, 2.05) is 0 Å². The van der Waals surface area contributed by atoms with Gasteiger partial charge in [-0.2, -0.15) is 0 Å². The fraction of sp³-hybridized carbons (Fsp3) is 0.115. The van der Waals surface area contributed by atoms with Gasteiger partial charge in [0.05, 0.1) is 27.4 Å². The number of hydrogen-bond donors (Lipinski definition) is 1. The molecule has 2 amide bonds. The Balaban J connectivity index is 1.68. The van der Waals surface area contributed by atoms with Crippen molar-refractivity contribution in [2.24, 2.45) is 0 Å². The molecule has 0 aromatic heterocycles. The number of rotatable bonds is 7. The second kappa shape index (κ2) is 11.0. The number of benzene rings is 3. The van der Waals surface area contributed by atoms with Crippen molar-refractivity contribution in [2.45, 2.75) is 24.8 Å². The Bertz CT molecular complexity index is 1370. The van der Waals surface area contributed by atoms with Crippen LogP contribution in [0.2, 0.25) is 15.1 Å². The van der Waals surface area contributed by atoms with Gasteiger partial charge in [-0.25, -0.2) is 9.69 Å². The monoisotopic (exact) mass is 560 g/mol. The molecule has 1 aliphatic rings. The van der Waals surface area contributed by atoms with Crippen molar-refractivity contribution in [2.75, 3.05) is 10.2 Å². The van der Waals surface area contributed by atoms with Gasteiger partial charge in [0.15, 0.2) is 0 Å². The van der Waals surface area contributed by atoms with Crippen LogP contribution in [0.3, 0.4) is 0 Å². The fourth-order valence-corrected chi connectivity index (χ4v) is 4.67. The lowest BCUT2D eigenvalue weighted by atomic mass is 10.2. The molecule has 0 atom stereocenters. The van der Waals surface area contributed by atoms with Gasteiger partial charge >= 0.3 is 5.97 Å². The van der Waals surface area contributed by atoms with Gasteiger partial charge in [-0.15, -0.1) is 0 Å². The van der Waals surface area contributed by atoms with E-state index in [0.717, 1.165) is 21.6 Å². The van der Waals surface area contributed by atoms with E-state index < -0.39 is 17.8 Å². The predicted molar refractivity (Wildman–Crippen MR) is 144 cm³/mol. The Morgan fingerprint density at radius 1 is 0.889 bits per heavy atom. The second-order valence-corrected chi connectivity index (χ2v) is 10.3. The van der Waals surface area contributed by atoms with Gasteiger partial charge in [-0.3, -0.25) is 9.59 Å². The maximum absolute atomic E-state index is 13.5. The summed E-state index contributed by atoms with van der Waals surface area (Å²) < 4.78 is 5.20. The number of esters is 1. The molecule has 0 aliphatic carbocycles. The molecule has 10 heteroatoms. The first kappa shape index (κ1) is 26.1. The lowest BCUT2D eigenvalue weighted by Crippen LogP contribution is -2.32. The fourth-order valence-electron chi connectivity index (χ4n) is 3.32. The lowest BCUT2D eigenvalue weighted by molar-refractivity contribution is -0.120. The van der Waals surface area contributed by atoms with Crippen LogP contribution in [-0.2, 0) is 14.3 Å². The number of anilines is 2. The summed E-state index contributed by atoms with van der Waals surface area (Å²) in [6, 6.07) is 17.8. The molecule has 3 aromatic rings. The molecule has 184 valence electrons. The molecule has 0 saturated carbocycles. The molecule has 0 fully saturated rings. The first-order valence-corrected chi connectivity index (χ1v) is 12.7. The highest BCUT2D eigenvalue weighted by atomic mass is 35.5. The summed E-state index contributed by atoms with van der Waals surface area (Å²) in [5, 5.41) is 4.23. The third-order valence-electron chi connectivity index (χ3n) is 4.97. The molecule has 3 aromatic carbocycles. The Kier molecular flexibility index (Phi) is 7.95. The van der Waals surface area contributed by atoms with E-state index >= 15 is 0 Å². The zero-order valence-electron chi connectivity index (χ0n) is 19.1. The first-order chi connectivity index (χ1) is 17.1. The van der Waals surface area contributed by atoms with Crippen molar-refractivity contribution in [1.82, 2.24) is 0 Å². The maximum atomic E-state index is 13.5. The zero-order chi connectivity index (χ0) is 26.0. The summed E-state index contributed by atoms with van der Waals surface area (Å²) in [6.07, 6.45) is -0.273. The van der Waals surface area contributed by atoms with E-state index in [-0.39, 0.29) is 16.7 Å². The highest BCUT2D eigenvalue weighted by molar-refractivity contribution is 8.04. The van der Waals surface area contributed by atoms with E-state index in [0.29, 0.717) is 32.0 Å². The molecule has 1 aliphatic heterocycles. The number of nitrogens with zero attached hydrogens (tertiary/aromatic N) is 1. The summed E-state index contributed by atoms with van der Waals surface area (Å²) in [5.41, 5.74) is 1.20. The molecule has 4 rings (SSSR count). The van der Waals surface area contributed by atoms with Gasteiger partial charge < -0.3 is 10.1 Å². The van der Waals surface area contributed by atoms with Gasteiger partial charge in [0.25, 0.3) is 11.8 Å². The number of thioether (sulfide) groups is 1. The molecule has 36 heavy (non-hydrogen) atoms. The van der Waals surface area contributed by atoms with Crippen molar-refractivity contribution in [3.05, 3.63) is 98.0 Å². The van der Waals surface area contributed by atoms with Crippen LogP contribution in [0, 0.1) is 0 Å². The topological polar surface area (TPSA) is 75.7 Å². The SMILES string of the molecule is CC(C)OC(=O)c1ccc(N2C(=O)C(Nc3ccc(Cl)c(Cl)c3)=C(Sc3ccc(Cl)cc3)C2=O)cc1. The van der Waals surface area contributed by atoms with E-state index in [2.05, 4.69) is 5.32 Å². The summed E-state index contributed by atoms with van der Waals surface area (Å²) >= 11 is 19.3. The van der Waals surface area contributed by atoms with Gasteiger partial charge in [0.1, 0.15) is 10.6 Å². The lowest BCUT2D eigenvalue weighted by Gasteiger charge is -2.16. The van der Waals surface area contributed by atoms with E-state index in [1.54, 1.807) is 56.3 Å². The van der Waals surface area contributed by atoms with Crippen LogP contribution in [-0.4, -0.2) is 23.9 Å². The van der Waals surface area contributed by atoms with Gasteiger partial charge in [0.2, 0.25) is 0 Å². The van der Waals surface area contributed by atoms with Crippen LogP contribution < -0.4 is 10.2 Å². The summed E-state index contributed by atoms with van der Waals surface area (Å²) in [4.78, 5) is 41.1. The summed E-state index contributed by atoms with van der Waals surface area (Å²) in [7, 11) is 0. The summed E-state index contributed by atoms with van der Waals surface area (Å²) in [5.74, 6) is -1.56. The quantitative estimate of drug-likeness (QED) is 0.243. The second-order valence-electron chi connectivity index (χ2n) is 7.96. The minimum absolute atomic E-state index is 0.0848. The van der Waals surface area contributed by atoms with E-state index in [4.69, 9.17) is 39.5 Å². The van der Waals surface area contributed by atoms with Gasteiger partial charge in [0, 0.05) is 15.6 Å². The third-order valence-corrected chi connectivity index (χ3v) is 7.05. The predicted octanol–water partition coefficient (Wildman–Crippen LogP) is 7.20. The van der Waals surface area contributed by atoms with Crippen LogP contribution in [0.5, 0.6) is 0 Å².